The zero-order valence-electron chi connectivity index (χ0n) is 17.6. The smallest absolute Gasteiger partial charge is 0.251 e. The van der Waals surface area contributed by atoms with Gasteiger partial charge in [0.05, 0.1) is 13.2 Å². The van der Waals surface area contributed by atoms with Gasteiger partial charge in [0.15, 0.2) is 17.3 Å². The third-order valence-corrected chi connectivity index (χ3v) is 4.07. The molecular weight excluding hydrogens is 384 g/mol. The van der Waals surface area contributed by atoms with Gasteiger partial charge in [-0.1, -0.05) is 0 Å². The normalized spacial score (nSPS) is 10.9. The van der Waals surface area contributed by atoms with Crippen LogP contribution in [0.1, 0.15) is 38.1 Å². The maximum absolute atomic E-state index is 12.3. The number of nitrogens with one attached hydrogen (secondary N) is 2. The molecule has 0 aromatic heterocycles. The molecule has 0 atom stereocenters. The largest absolute Gasteiger partial charge is 0.490 e. The monoisotopic (exact) mass is 410 g/mol. The molecule has 2 amide bonds. The summed E-state index contributed by atoms with van der Waals surface area (Å²) in [4.78, 5) is 35.9. The number of ketones is 1. The number of hydrogen-bond acceptors (Lipinski definition) is 5. The number of Topliss-reactive ketones (excluding diaryl/α,β-unsaturated/α-hetero) is 1. The van der Waals surface area contributed by atoms with Gasteiger partial charge in [-0.2, -0.15) is 0 Å². The van der Waals surface area contributed by atoms with Crippen molar-refractivity contribution in [1.82, 2.24) is 0 Å². The molecular formula is C23H26N2O5. The van der Waals surface area contributed by atoms with Crippen molar-refractivity contribution in [3.8, 4) is 11.5 Å². The van der Waals surface area contributed by atoms with Crippen LogP contribution >= 0.6 is 0 Å². The van der Waals surface area contributed by atoms with Gasteiger partial charge in [0.25, 0.3) is 5.91 Å². The third-order valence-electron chi connectivity index (χ3n) is 4.07. The molecule has 7 heteroatoms. The number of ether oxygens (including phenoxy) is 2. The summed E-state index contributed by atoms with van der Waals surface area (Å²) >= 11 is 0. The summed E-state index contributed by atoms with van der Waals surface area (Å²) in [6.45, 7) is 7.72. The van der Waals surface area contributed by atoms with Crippen LogP contribution in [0.15, 0.2) is 54.1 Å². The fourth-order valence-corrected chi connectivity index (χ4v) is 2.59. The van der Waals surface area contributed by atoms with E-state index >= 15 is 0 Å². The maximum Gasteiger partial charge on any atom is 0.251 e. The lowest BCUT2D eigenvalue weighted by Crippen LogP contribution is -2.16. The van der Waals surface area contributed by atoms with Crippen molar-refractivity contribution in [2.24, 2.45) is 0 Å². The van der Waals surface area contributed by atoms with Crippen LogP contribution in [0.4, 0.5) is 11.4 Å². The van der Waals surface area contributed by atoms with E-state index in [-0.39, 0.29) is 11.4 Å². The average Bonchev–Trinajstić information content (AvgIpc) is 2.70. The van der Waals surface area contributed by atoms with Gasteiger partial charge in [-0.25, -0.2) is 0 Å². The second-order valence-corrected chi connectivity index (χ2v) is 6.43. The highest BCUT2D eigenvalue weighted by Gasteiger charge is 2.10. The van der Waals surface area contributed by atoms with Crippen molar-refractivity contribution < 1.29 is 23.9 Å². The van der Waals surface area contributed by atoms with E-state index in [0.717, 1.165) is 0 Å². The minimum absolute atomic E-state index is 0.0533. The van der Waals surface area contributed by atoms with Crippen LogP contribution in [-0.2, 0) is 9.59 Å². The highest BCUT2D eigenvalue weighted by molar-refractivity contribution is 6.10. The van der Waals surface area contributed by atoms with Crippen LogP contribution in [0.5, 0.6) is 11.5 Å². The molecule has 7 nitrogen and oxygen atoms in total. The summed E-state index contributed by atoms with van der Waals surface area (Å²) in [5.41, 5.74) is 1.85. The second-order valence-electron chi connectivity index (χ2n) is 6.43. The molecule has 0 aliphatic rings. The van der Waals surface area contributed by atoms with E-state index in [1.807, 2.05) is 13.8 Å². The van der Waals surface area contributed by atoms with E-state index in [1.54, 1.807) is 49.4 Å². The first-order chi connectivity index (χ1) is 14.3. The van der Waals surface area contributed by atoms with Gasteiger partial charge >= 0.3 is 0 Å². The Kier molecular flexibility index (Phi) is 8.17. The molecule has 2 rings (SSSR count). The lowest BCUT2D eigenvalue weighted by Gasteiger charge is -2.12. The minimum atomic E-state index is -0.443. The Bertz CT molecular complexity index is 949. The predicted molar refractivity (Wildman–Crippen MR) is 116 cm³/mol. The van der Waals surface area contributed by atoms with Crippen molar-refractivity contribution in [2.75, 3.05) is 23.8 Å². The van der Waals surface area contributed by atoms with E-state index in [0.29, 0.717) is 41.7 Å². The zero-order chi connectivity index (χ0) is 22.1. The second kappa shape index (κ2) is 10.8. The number of carbonyl (C=O) groups excluding carboxylic acids is 3. The van der Waals surface area contributed by atoms with Gasteiger partial charge in [0, 0.05) is 34.7 Å². The highest BCUT2D eigenvalue weighted by Crippen LogP contribution is 2.30. The number of rotatable bonds is 9. The fraction of sp³-hybridized carbons (Fsp3) is 0.261. The van der Waals surface area contributed by atoms with E-state index in [2.05, 4.69) is 10.6 Å². The summed E-state index contributed by atoms with van der Waals surface area (Å²) in [5.74, 6) is 0.217. The Morgan fingerprint density at radius 2 is 1.43 bits per heavy atom. The Morgan fingerprint density at radius 3 is 2.03 bits per heavy atom. The molecule has 0 fully saturated rings. The third kappa shape index (κ3) is 6.48. The molecule has 0 radical (unpaired) electrons. The van der Waals surface area contributed by atoms with Gasteiger partial charge in [-0.05, 0) is 64.1 Å². The van der Waals surface area contributed by atoms with Crippen LogP contribution in [0.3, 0.4) is 0 Å². The first-order valence-electron chi connectivity index (χ1n) is 9.65. The maximum atomic E-state index is 12.3. The first kappa shape index (κ1) is 22.7. The molecule has 2 aromatic rings. The molecule has 0 saturated heterocycles. The molecule has 0 aliphatic carbocycles. The van der Waals surface area contributed by atoms with Crippen molar-refractivity contribution in [3.63, 3.8) is 0 Å². The molecule has 0 heterocycles. The SMILES string of the molecule is CCOc1ccc(NC(=O)/C=C(/C)C(=O)Nc2ccc(C(C)=O)cc2)cc1OCC. The zero-order valence-corrected chi connectivity index (χ0v) is 17.6. The molecule has 2 aromatic carbocycles. The number of hydrogen-bond donors (Lipinski definition) is 2. The van der Waals surface area contributed by atoms with Gasteiger partial charge in [0.2, 0.25) is 5.91 Å². The topological polar surface area (TPSA) is 93.7 Å². The number of anilines is 2. The Morgan fingerprint density at radius 1 is 0.833 bits per heavy atom. The highest BCUT2D eigenvalue weighted by atomic mass is 16.5. The van der Waals surface area contributed by atoms with Gasteiger partial charge < -0.3 is 20.1 Å². The summed E-state index contributed by atoms with van der Waals surface area (Å²) in [6, 6.07) is 11.6. The van der Waals surface area contributed by atoms with E-state index in [9.17, 15) is 14.4 Å². The summed E-state index contributed by atoms with van der Waals surface area (Å²) in [5, 5.41) is 5.40. The van der Waals surface area contributed by atoms with Crippen LogP contribution in [-0.4, -0.2) is 30.8 Å². The van der Waals surface area contributed by atoms with Crippen LogP contribution < -0.4 is 20.1 Å². The van der Waals surface area contributed by atoms with Gasteiger partial charge in [-0.15, -0.1) is 0 Å². The van der Waals surface area contributed by atoms with Crippen LogP contribution in [0.25, 0.3) is 0 Å². The Labute approximate surface area is 176 Å². The Balaban J connectivity index is 2.03. The molecule has 0 unspecified atom stereocenters. The number of benzene rings is 2. The predicted octanol–water partition coefficient (Wildman–Crippen LogP) is 4.21. The Hall–Kier alpha value is -3.61. The lowest BCUT2D eigenvalue weighted by molar-refractivity contribution is -0.114. The average molecular weight is 410 g/mol. The molecule has 0 saturated carbocycles. The molecule has 0 bridgehead atoms. The molecule has 2 N–H and O–H groups in total. The van der Waals surface area contributed by atoms with Crippen LogP contribution in [0.2, 0.25) is 0 Å². The van der Waals surface area contributed by atoms with E-state index in [1.165, 1.54) is 13.0 Å². The molecule has 0 aliphatic heterocycles. The fourth-order valence-electron chi connectivity index (χ4n) is 2.59. The molecule has 30 heavy (non-hydrogen) atoms. The van der Waals surface area contributed by atoms with E-state index < -0.39 is 11.8 Å². The quantitative estimate of drug-likeness (QED) is 0.477. The van der Waals surface area contributed by atoms with Gasteiger partial charge in [0.1, 0.15) is 0 Å². The first-order valence-corrected chi connectivity index (χ1v) is 9.65. The minimum Gasteiger partial charge on any atom is -0.490 e. The number of amides is 2. The molecule has 0 spiro atoms. The van der Waals surface area contributed by atoms with Crippen molar-refractivity contribution in [1.29, 1.82) is 0 Å². The molecule has 158 valence electrons. The van der Waals surface area contributed by atoms with Crippen molar-refractivity contribution in [2.45, 2.75) is 27.7 Å². The van der Waals surface area contributed by atoms with Gasteiger partial charge in [-0.3, -0.25) is 14.4 Å². The standard InChI is InChI=1S/C23H26N2O5/c1-5-29-20-12-11-19(14-21(20)30-6-2)24-22(27)13-15(3)23(28)25-18-9-7-17(8-10-18)16(4)26/h7-14H,5-6H2,1-4H3,(H,24,27)(H,25,28)/b15-13-. The van der Waals surface area contributed by atoms with Crippen molar-refractivity contribution in [3.05, 3.63) is 59.7 Å². The number of carbonyl (C=O) groups is 3. The summed E-state index contributed by atoms with van der Waals surface area (Å²) in [7, 11) is 0. The van der Waals surface area contributed by atoms with Crippen molar-refractivity contribution >= 4 is 29.0 Å². The summed E-state index contributed by atoms with van der Waals surface area (Å²) < 4.78 is 11.0. The summed E-state index contributed by atoms with van der Waals surface area (Å²) in [6.07, 6.45) is 1.22. The van der Waals surface area contributed by atoms with Crippen LogP contribution in [0, 0.1) is 0 Å². The lowest BCUT2D eigenvalue weighted by atomic mass is 10.1. The van der Waals surface area contributed by atoms with E-state index in [4.69, 9.17) is 9.47 Å².